The Bertz CT molecular complexity index is 840. The van der Waals surface area contributed by atoms with Crippen molar-refractivity contribution < 1.29 is 37.0 Å². The molecular weight excluding hydrogens is 403 g/mol. The molecule has 1 N–H and O–H groups in total. The maximum atomic E-state index is 13.0. The third-order valence-corrected chi connectivity index (χ3v) is 3.58. The zero-order chi connectivity index (χ0) is 20.7. The van der Waals surface area contributed by atoms with Crippen molar-refractivity contribution in [2.45, 2.75) is 6.18 Å². The number of halogens is 4. The van der Waals surface area contributed by atoms with Crippen molar-refractivity contribution in [1.29, 1.82) is 0 Å². The van der Waals surface area contributed by atoms with E-state index >= 15 is 0 Å². The molecule has 28 heavy (non-hydrogen) atoms. The maximum Gasteiger partial charge on any atom is 0.418 e. The number of anilines is 1. The molecule has 0 aromatic heterocycles. The molecule has 0 spiro atoms. The number of carbonyl (C=O) groups excluding carboxylic acids is 2. The largest absolute Gasteiger partial charge is 0.497 e. The van der Waals surface area contributed by atoms with Crippen LogP contribution in [0.1, 0.15) is 5.56 Å². The van der Waals surface area contributed by atoms with Gasteiger partial charge in [-0.3, -0.25) is 4.79 Å². The fourth-order valence-corrected chi connectivity index (χ4v) is 2.22. The Kier molecular flexibility index (Phi) is 7.11. The van der Waals surface area contributed by atoms with Crippen LogP contribution in [0.25, 0.3) is 0 Å². The molecule has 0 radical (unpaired) electrons. The van der Waals surface area contributed by atoms with Crippen LogP contribution in [0.4, 0.5) is 18.9 Å². The van der Waals surface area contributed by atoms with Gasteiger partial charge in [0, 0.05) is 5.02 Å². The van der Waals surface area contributed by atoms with Gasteiger partial charge in [0.2, 0.25) is 0 Å². The van der Waals surface area contributed by atoms with Gasteiger partial charge in [-0.25, -0.2) is 4.79 Å². The summed E-state index contributed by atoms with van der Waals surface area (Å²) in [6, 6.07) is 9.28. The van der Waals surface area contributed by atoms with Crippen LogP contribution >= 0.6 is 11.6 Å². The first-order valence-corrected chi connectivity index (χ1v) is 8.16. The number of nitrogens with one attached hydrogen (secondary N) is 1. The van der Waals surface area contributed by atoms with E-state index in [0.29, 0.717) is 17.6 Å². The lowest BCUT2D eigenvalue weighted by molar-refractivity contribution is -0.149. The normalized spacial score (nSPS) is 10.9. The van der Waals surface area contributed by atoms with Crippen molar-refractivity contribution in [3.05, 3.63) is 53.1 Å². The lowest BCUT2D eigenvalue weighted by Gasteiger charge is -2.14. The standard InChI is InChI=1S/C18H15ClF3NO5/c1-26-12-3-5-13(6-4-12)27-10-17(25)28-9-16(24)23-15-7-2-11(19)8-14(15)18(20,21)22/h2-8H,9-10H2,1H3,(H,23,24). The summed E-state index contributed by atoms with van der Waals surface area (Å²) in [5.74, 6) is -0.825. The number of methoxy groups -OCH3 is 1. The van der Waals surface area contributed by atoms with Crippen molar-refractivity contribution in [2.75, 3.05) is 25.6 Å². The summed E-state index contributed by atoms with van der Waals surface area (Å²) in [4.78, 5) is 23.4. The van der Waals surface area contributed by atoms with Crippen molar-refractivity contribution in [2.24, 2.45) is 0 Å². The van der Waals surface area contributed by atoms with Gasteiger partial charge in [0.05, 0.1) is 18.4 Å². The highest BCUT2D eigenvalue weighted by Crippen LogP contribution is 2.36. The van der Waals surface area contributed by atoms with Crippen LogP contribution in [0.15, 0.2) is 42.5 Å². The highest BCUT2D eigenvalue weighted by molar-refractivity contribution is 6.30. The number of hydrogen-bond acceptors (Lipinski definition) is 5. The zero-order valence-electron chi connectivity index (χ0n) is 14.5. The average molecular weight is 418 g/mol. The second-order valence-electron chi connectivity index (χ2n) is 5.36. The number of hydrogen-bond donors (Lipinski definition) is 1. The van der Waals surface area contributed by atoms with Crippen molar-refractivity contribution in [3.8, 4) is 11.5 Å². The number of alkyl halides is 3. The molecular formula is C18H15ClF3NO5. The van der Waals surface area contributed by atoms with Gasteiger partial charge in [0.1, 0.15) is 11.5 Å². The topological polar surface area (TPSA) is 73.9 Å². The van der Waals surface area contributed by atoms with E-state index < -0.39 is 42.5 Å². The minimum Gasteiger partial charge on any atom is -0.497 e. The lowest BCUT2D eigenvalue weighted by atomic mass is 10.1. The number of ether oxygens (including phenoxy) is 3. The quantitative estimate of drug-likeness (QED) is 0.691. The summed E-state index contributed by atoms with van der Waals surface area (Å²) in [6.45, 7) is -1.25. The van der Waals surface area contributed by atoms with Gasteiger partial charge in [-0.1, -0.05) is 11.6 Å². The first-order chi connectivity index (χ1) is 13.2. The van der Waals surface area contributed by atoms with E-state index in [4.69, 9.17) is 21.1 Å². The van der Waals surface area contributed by atoms with E-state index in [2.05, 4.69) is 4.74 Å². The van der Waals surface area contributed by atoms with E-state index in [9.17, 15) is 22.8 Å². The summed E-state index contributed by atoms with van der Waals surface area (Å²) in [5, 5.41) is 1.90. The minimum atomic E-state index is -4.71. The number of carbonyl (C=O) groups is 2. The Morgan fingerprint density at radius 3 is 2.29 bits per heavy atom. The SMILES string of the molecule is COc1ccc(OCC(=O)OCC(=O)Nc2ccc(Cl)cc2C(F)(F)F)cc1. The lowest BCUT2D eigenvalue weighted by Crippen LogP contribution is -2.24. The molecule has 0 atom stereocenters. The van der Waals surface area contributed by atoms with Crippen LogP contribution in [0.5, 0.6) is 11.5 Å². The predicted octanol–water partition coefficient (Wildman–Crippen LogP) is 3.93. The van der Waals surface area contributed by atoms with E-state index in [1.54, 1.807) is 24.3 Å². The monoisotopic (exact) mass is 417 g/mol. The Balaban J connectivity index is 1.84. The minimum absolute atomic E-state index is 0.132. The number of esters is 1. The van der Waals surface area contributed by atoms with Crippen LogP contribution in [0, 0.1) is 0 Å². The molecule has 6 nitrogen and oxygen atoms in total. The molecule has 2 aromatic rings. The summed E-state index contributed by atoms with van der Waals surface area (Å²) < 4.78 is 53.8. The molecule has 0 aliphatic rings. The van der Waals surface area contributed by atoms with Gasteiger partial charge < -0.3 is 19.5 Å². The van der Waals surface area contributed by atoms with E-state index in [1.807, 2.05) is 5.32 Å². The average Bonchev–Trinajstić information content (AvgIpc) is 2.65. The third kappa shape index (κ3) is 6.34. The Morgan fingerprint density at radius 1 is 1.04 bits per heavy atom. The van der Waals surface area contributed by atoms with Gasteiger partial charge in [-0.15, -0.1) is 0 Å². The van der Waals surface area contributed by atoms with Gasteiger partial charge in [-0.2, -0.15) is 13.2 Å². The van der Waals surface area contributed by atoms with Gasteiger partial charge in [0.15, 0.2) is 13.2 Å². The molecule has 150 valence electrons. The van der Waals surface area contributed by atoms with Gasteiger partial charge in [0.25, 0.3) is 5.91 Å². The molecule has 2 aromatic carbocycles. The summed E-state index contributed by atoms with van der Waals surface area (Å²) in [6.07, 6.45) is -4.71. The van der Waals surface area contributed by atoms with Crippen molar-refractivity contribution in [3.63, 3.8) is 0 Å². The zero-order valence-corrected chi connectivity index (χ0v) is 15.3. The van der Waals surface area contributed by atoms with Crippen LogP contribution in [-0.2, 0) is 20.5 Å². The molecule has 0 fully saturated rings. The van der Waals surface area contributed by atoms with Gasteiger partial charge in [-0.05, 0) is 42.5 Å². The number of amides is 1. The molecule has 0 saturated heterocycles. The maximum absolute atomic E-state index is 13.0. The second kappa shape index (κ2) is 9.32. The van der Waals surface area contributed by atoms with E-state index in [1.165, 1.54) is 13.2 Å². The molecule has 0 aliphatic carbocycles. The smallest absolute Gasteiger partial charge is 0.418 e. The first kappa shape index (κ1) is 21.4. The molecule has 0 unspecified atom stereocenters. The predicted molar refractivity (Wildman–Crippen MR) is 94.5 cm³/mol. The molecule has 0 bridgehead atoms. The summed E-state index contributed by atoms with van der Waals surface area (Å²) in [5.41, 5.74) is -1.60. The van der Waals surface area contributed by atoms with Crippen LogP contribution in [-0.4, -0.2) is 32.2 Å². The Labute approximate surface area is 163 Å². The highest BCUT2D eigenvalue weighted by atomic mass is 35.5. The Hall–Kier alpha value is -2.94. The Morgan fingerprint density at radius 2 is 1.68 bits per heavy atom. The summed E-state index contributed by atoms with van der Waals surface area (Å²) >= 11 is 5.56. The van der Waals surface area contributed by atoms with E-state index in [0.717, 1.165) is 6.07 Å². The first-order valence-electron chi connectivity index (χ1n) is 7.78. The molecule has 2 rings (SSSR count). The number of rotatable bonds is 7. The van der Waals surface area contributed by atoms with Crippen LogP contribution < -0.4 is 14.8 Å². The number of benzene rings is 2. The van der Waals surface area contributed by atoms with Crippen molar-refractivity contribution in [1.82, 2.24) is 0 Å². The summed E-state index contributed by atoms with van der Waals surface area (Å²) in [7, 11) is 1.50. The third-order valence-electron chi connectivity index (χ3n) is 3.34. The fourth-order valence-electron chi connectivity index (χ4n) is 2.05. The molecule has 1 amide bonds. The molecule has 0 aliphatic heterocycles. The fraction of sp³-hybridized carbons (Fsp3) is 0.222. The van der Waals surface area contributed by atoms with E-state index in [-0.39, 0.29) is 5.02 Å². The van der Waals surface area contributed by atoms with Gasteiger partial charge >= 0.3 is 12.1 Å². The highest BCUT2D eigenvalue weighted by Gasteiger charge is 2.34. The second-order valence-corrected chi connectivity index (χ2v) is 5.80. The van der Waals surface area contributed by atoms with Crippen LogP contribution in [0.2, 0.25) is 5.02 Å². The van der Waals surface area contributed by atoms with Crippen molar-refractivity contribution >= 4 is 29.2 Å². The molecule has 10 heteroatoms. The molecule has 0 heterocycles. The van der Waals surface area contributed by atoms with Crippen LogP contribution in [0.3, 0.4) is 0 Å². The molecule has 0 saturated carbocycles.